The summed E-state index contributed by atoms with van der Waals surface area (Å²) < 4.78 is 0.178. The number of ketones is 1. The molecule has 0 fully saturated rings. The van der Waals surface area contributed by atoms with E-state index in [1.165, 1.54) is 25.1 Å². The Balaban J connectivity index is 3.27. The van der Waals surface area contributed by atoms with E-state index in [0.717, 1.165) is 0 Å². The normalized spacial score (nSPS) is 12.2. The number of nitrogens with two attached hydrogens (primary N) is 1. The van der Waals surface area contributed by atoms with Crippen molar-refractivity contribution in [3.8, 4) is 0 Å². The maximum Gasteiger partial charge on any atom is 0.284 e. The Labute approximate surface area is 94.5 Å². The van der Waals surface area contributed by atoms with E-state index in [9.17, 15) is 14.9 Å². The highest BCUT2D eigenvalue weighted by Crippen LogP contribution is 2.28. The molecule has 2 N–H and O–H groups in total. The van der Waals surface area contributed by atoms with E-state index >= 15 is 0 Å². The maximum absolute atomic E-state index is 11.6. The quantitative estimate of drug-likeness (QED) is 0.517. The zero-order valence-electron chi connectivity index (χ0n) is 7.94. The van der Waals surface area contributed by atoms with Gasteiger partial charge in [0.05, 0.1) is 11.0 Å². The lowest BCUT2D eigenvalue weighted by Gasteiger charge is -2.06. The number of Topliss-reactive ketones (excluding diaryl/α,β-unsaturated/α-hetero) is 1. The van der Waals surface area contributed by atoms with Gasteiger partial charge in [0, 0.05) is 11.6 Å². The molecule has 5 nitrogen and oxygen atoms in total. The van der Waals surface area contributed by atoms with Gasteiger partial charge in [-0.3, -0.25) is 14.9 Å². The van der Waals surface area contributed by atoms with Crippen molar-refractivity contribution in [2.45, 2.75) is 13.0 Å². The van der Waals surface area contributed by atoms with E-state index in [1.54, 1.807) is 0 Å². The molecule has 0 spiro atoms. The second-order valence-electron chi connectivity index (χ2n) is 3.05. The lowest BCUT2D eigenvalue weighted by atomic mass is 10.1. The van der Waals surface area contributed by atoms with Crippen LogP contribution in [0.25, 0.3) is 0 Å². The highest BCUT2D eigenvalue weighted by atomic mass is 79.9. The summed E-state index contributed by atoms with van der Waals surface area (Å²) in [6.07, 6.45) is 0. The van der Waals surface area contributed by atoms with Gasteiger partial charge >= 0.3 is 0 Å². The van der Waals surface area contributed by atoms with Crippen molar-refractivity contribution >= 4 is 27.4 Å². The fourth-order valence-electron chi connectivity index (χ4n) is 1.10. The summed E-state index contributed by atoms with van der Waals surface area (Å²) in [6, 6.07) is 3.60. The van der Waals surface area contributed by atoms with Gasteiger partial charge in [-0.15, -0.1) is 0 Å². The molecular weight excluding hydrogens is 264 g/mol. The number of nitrogens with zero attached hydrogens (tertiary/aromatic N) is 1. The summed E-state index contributed by atoms with van der Waals surface area (Å²) in [4.78, 5) is 21.6. The molecule has 0 aliphatic heterocycles. The topological polar surface area (TPSA) is 86.2 Å². The van der Waals surface area contributed by atoms with Gasteiger partial charge in [0.25, 0.3) is 5.69 Å². The molecule has 0 amide bonds. The zero-order valence-corrected chi connectivity index (χ0v) is 9.52. The average Bonchev–Trinajstić information content (AvgIpc) is 2.16. The molecule has 80 valence electrons. The third-order valence-corrected chi connectivity index (χ3v) is 2.69. The number of halogens is 1. The summed E-state index contributed by atoms with van der Waals surface area (Å²) in [5.41, 5.74) is 5.52. The molecule has 0 heterocycles. The van der Waals surface area contributed by atoms with Crippen molar-refractivity contribution in [3.05, 3.63) is 38.3 Å². The third kappa shape index (κ3) is 2.40. The lowest BCUT2D eigenvalue weighted by molar-refractivity contribution is -0.385. The summed E-state index contributed by atoms with van der Waals surface area (Å²) >= 11 is 3.03. The Bertz CT molecular complexity index is 418. The largest absolute Gasteiger partial charge is 0.321 e. The monoisotopic (exact) mass is 272 g/mol. The van der Waals surface area contributed by atoms with Crippen molar-refractivity contribution in [3.63, 3.8) is 0 Å². The van der Waals surface area contributed by atoms with Crippen LogP contribution in [0.3, 0.4) is 0 Å². The van der Waals surface area contributed by atoms with Gasteiger partial charge in [-0.05, 0) is 28.9 Å². The predicted molar refractivity (Wildman–Crippen MR) is 58.8 cm³/mol. The summed E-state index contributed by atoms with van der Waals surface area (Å²) in [5.74, 6) is -0.328. The fraction of sp³-hybridized carbons (Fsp3) is 0.222. The molecule has 0 bridgehead atoms. The van der Waals surface area contributed by atoms with E-state index in [2.05, 4.69) is 15.9 Å². The van der Waals surface area contributed by atoms with Gasteiger partial charge in [0.2, 0.25) is 0 Å². The van der Waals surface area contributed by atoms with Gasteiger partial charge in [0.1, 0.15) is 4.47 Å². The molecule has 0 saturated heterocycles. The van der Waals surface area contributed by atoms with Crippen LogP contribution in [-0.4, -0.2) is 16.7 Å². The molecule has 15 heavy (non-hydrogen) atoms. The van der Waals surface area contributed by atoms with Crippen molar-refractivity contribution in [2.24, 2.45) is 5.73 Å². The van der Waals surface area contributed by atoms with Crippen molar-refractivity contribution < 1.29 is 9.72 Å². The predicted octanol–water partition coefficient (Wildman–Crippen LogP) is 1.89. The van der Waals surface area contributed by atoms with Crippen molar-refractivity contribution in [1.29, 1.82) is 0 Å². The number of rotatable bonds is 3. The van der Waals surface area contributed by atoms with Crippen LogP contribution in [0.5, 0.6) is 0 Å². The molecule has 1 aromatic rings. The highest BCUT2D eigenvalue weighted by Gasteiger charge is 2.20. The van der Waals surface area contributed by atoms with Crippen LogP contribution in [0.1, 0.15) is 17.3 Å². The zero-order chi connectivity index (χ0) is 11.6. The summed E-state index contributed by atoms with van der Waals surface area (Å²) in [7, 11) is 0. The number of carbonyl (C=O) groups excluding carboxylic acids is 1. The smallest absolute Gasteiger partial charge is 0.284 e. The number of hydrogen-bond acceptors (Lipinski definition) is 4. The van der Waals surface area contributed by atoms with Crippen LogP contribution in [0, 0.1) is 10.1 Å². The first-order valence-electron chi connectivity index (χ1n) is 4.18. The van der Waals surface area contributed by atoms with Gasteiger partial charge in [0.15, 0.2) is 5.78 Å². The first-order chi connectivity index (χ1) is 6.95. The van der Waals surface area contributed by atoms with Crippen LogP contribution in [0.15, 0.2) is 22.7 Å². The van der Waals surface area contributed by atoms with Crippen molar-refractivity contribution in [1.82, 2.24) is 0 Å². The molecule has 0 saturated carbocycles. The van der Waals surface area contributed by atoms with E-state index in [0.29, 0.717) is 0 Å². The number of hydrogen-bond donors (Lipinski definition) is 1. The van der Waals surface area contributed by atoms with E-state index in [-0.39, 0.29) is 21.5 Å². The molecule has 1 aromatic carbocycles. The van der Waals surface area contributed by atoms with Crippen LogP contribution in [0.4, 0.5) is 5.69 Å². The standard InChI is InChI=1S/C9H9BrN2O3/c1-5(11)9(13)6-3-2-4-7(8(6)10)12(14)15/h2-5H,11H2,1H3. The lowest BCUT2D eigenvalue weighted by Crippen LogP contribution is -2.27. The molecule has 1 rings (SSSR count). The van der Waals surface area contributed by atoms with Gasteiger partial charge < -0.3 is 5.73 Å². The minimum absolute atomic E-state index is 0.137. The van der Waals surface area contributed by atoms with Crippen LogP contribution in [0.2, 0.25) is 0 Å². The molecule has 0 aliphatic rings. The highest BCUT2D eigenvalue weighted by molar-refractivity contribution is 9.10. The SMILES string of the molecule is CC(N)C(=O)c1cccc([N+](=O)[O-])c1Br. The second-order valence-corrected chi connectivity index (χ2v) is 3.84. The first-order valence-corrected chi connectivity index (χ1v) is 4.97. The summed E-state index contributed by atoms with van der Waals surface area (Å²) in [5, 5.41) is 10.6. The molecular formula is C9H9BrN2O3. The number of nitro groups is 1. The molecule has 1 atom stereocenters. The number of nitro benzene ring substituents is 1. The Hall–Kier alpha value is -1.27. The minimum atomic E-state index is -0.677. The minimum Gasteiger partial charge on any atom is -0.321 e. The van der Waals surface area contributed by atoms with Gasteiger partial charge in [-0.2, -0.15) is 0 Å². The first kappa shape index (κ1) is 11.8. The number of carbonyl (C=O) groups is 1. The number of benzene rings is 1. The Morgan fingerprint density at radius 2 is 2.20 bits per heavy atom. The average molecular weight is 273 g/mol. The van der Waals surface area contributed by atoms with Crippen LogP contribution >= 0.6 is 15.9 Å². The Kier molecular flexibility index (Phi) is 3.54. The molecule has 1 unspecified atom stereocenters. The molecule has 0 aromatic heterocycles. The third-order valence-electron chi connectivity index (χ3n) is 1.85. The van der Waals surface area contributed by atoms with Gasteiger partial charge in [-0.25, -0.2) is 0 Å². The fourth-order valence-corrected chi connectivity index (χ4v) is 1.70. The maximum atomic E-state index is 11.6. The van der Waals surface area contributed by atoms with Crippen LogP contribution < -0.4 is 5.73 Å². The van der Waals surface area contributed by atoms with E-state index in [4.69, 9.17) is 5.73 Å². The van der Waals surface area contributed by atoms with E-state index < -0.39 is 11.0 Å². The van der Waals surface area contributed by atoms with Gasteiger partial charge in [-0.1, -0.05) is 6.07 Å². The van der Waals surface area contributed by atoms with Crippen LogP contribution in [-0.2, 0) is 0 Å². The Morgan fingerprint density at radius 3 is 2.67 bits per heavy atom. The molecule has 0 radical (unpaired) electrons. The second kappa shape index (κ2) is 4.50. The molecule has 6 heteroatoms. The van der Waals surface area contributed by atoms with E-state index in [1.807, 2.05) is 0 Å². The van der Waals surface area contributed by atoms with Crippen molar-refractivity contribution in [2.75, 3.05) is 0 Å². The Morgan fingerprint density at radius 1 is 1.60 bits per heavy atom. The molecule has 0 aliphatic carbocycles. The summed E-state index contributed by atoms with van der Waals surface area (Å²) in [6.45, 7) is 1.54.